The lowest BCUT2D eigenvalue weighted by Gasteiger charge is -2.10. The fourth-order valence-corrected chi connectivity index (χ4v) is 2.49. The van der Waals surface area contributed by atoms with Crippen molar-refractivity contribution >= 4 is 23.5 Å². The van der Waals surface area contributed by atoms with E-state index in [2.05, 4.69) is 21.3 Å². The van der Waals surface area contributed by atoms with Crippen molar-refractivity contribution in [2.75, 3.05) is 5.75 Å². The molecule has 0 spiro atoms. The summed E-state index contributed by atoms with van der Waals surface area (Å²) in [5, 5.41) is 25.4. The Labute approximate surface area is 138 Å². The lowest BCUT2D eigenvalue weighted by Crippen LogP contribution is -2.36. The van der Waals surface area contributed by atoms with Crippen molar-refractivity contribution in [1.29, 1.82) is 5.26 Å². The Morgan fingerprint density at radius 2 is 2.26 bits per heavy atom. The smallest absolute Gasteiger partial charge is 0.320 e. The van der Waals surface area contributed by atoms with Crippen LogP contribution in [0.1, 0.15) is 36.7 Å². The molecule has 0 unspecified atom stereocenters. The second-order valence-electron chi connectivity index (χ2n) is 5.26. The van der Waals surface area contributed by atoms with E-state index in [1.54, 1.807) is 16.9 Å². The summed E-state index contributed by atoms with van der Waals surface area (Å²) in [6.45, 7) is 7.65. The third-order valence-electron chi connectivity index (χ3n) is 3.12. The number of thioether (sulfide) groups is 1. The Morgan fingerprint density at radius 3 is 2.87 bits per heavy atom. The first-order valence-electron chi connectivity index (χ1n) is 7.04. The minimum absolute atomic E-state index is 0.0760. The van der Waals surface area contributed by atoms with Crippen molar-refractivity contribution in [2.45, 2.75) is 38.8 Å². The van der Waals surface area contributed by atoms with E-state index < -0.39 is 0 Å². The molecule has 0 fully saturated rings. The number of rotatable bonds is 5. The summed E-state index contributed by atoms with van der Waals surface area (Å²) in [6, 6.07) is 4.00. The van der Waals surface area contributed by atoms with Crippen LogP contribution in [0.2, 0.25) is 0 Å². The maximum atomic E-state index is 11.9. The molecule has 0 saturated heterocycles. The first-order chi connectivity index (χ1) is 10.9. The van der Waals surface area contributed by atoms with E-state index in [4.69, 9.17) is 9.78 Å². The van der Waals surface area contributed by atoms with Gasteiger partial charge in [-0.1, -0.05) is 11.8 Å². The van der Waals surface area contributed by atoms with Crippen molar-refractivity contribution in [1.82, 2.24) is 10.3 Å². The Balaban J connectivity index is 2.09. The number of nitriles is 1. The zero-order valence-corrected chi connectivity index (χ0v) is 14.2. The molecule has 7 nitrogen and oxygen atoms in total. The van der Waals surface area contributed by atoms with E-state index >= 15 is 0 Å². The molecule has 0 N–H and O–H groups in total. The molecule has 23 heavy (non-hydrogen) atoms. The summed E-state index contributed by atoms with van der Waals surface area (Å²) in [4.78, 5) is 8.21. The second-order valence-corrected chi connectivity index (χ2v) is 6.23. The van der Waals surface area contributed by atoms with Crippen LogP contribution in [0.5, 0.6) is 0 Å². The van der Waals surface area contributed by atoms with Gasteiger partial charge >= 0.3 is 5.88 Å². The highest BCUT2D eigenvalue weighted by Gasteiger charge is 2.14. The van der Waals surface area contributed by atoms with Gasteiger partial charge in [-0.2, -0.15) is 5.26 Å². The molecule has 2 aromatic rings. The summed E-state index contributed by atoms with van der Waals surface area (Å²) in [6.07, 6.45) is 1.57. The van der Waals surface area contributed by atoms with Crippen molar-refractivity contribution in [3.63, 3.8) is 0 Å². The molecule has 2 aromatic heterocycles. The van der Waals surface area contributed by atoms with E-state index in [0.717, 1.165) is 11.3 Å². The van der Waals surface area contributed by atoms with Crippen LogP contribution in [0, 0.1) is 25.2 Å². The van der Waals surface area contributed by atoms with E-state index in [1.807, 2.05) is 27.7 Å². The molecule has 0 aliphatic carbocycles. The molecule has 0 aromatic carbocycles. The van der Waals surface area contributed by atoms with Gasteiger partial charge in [-0.15, -0.1) is 0 Å². The molecule has 120 valence electrons. The molecule has 0 amide bonds. The molecule has 0 aliphatic heterocycles. The van der Waals surface area contributed by atoms with Crippen LogP contribution in [0.3, 0.4) is 0 Å². The first-order valence-corrected chi connectivity index (χ1v) is 8.03. The number of aryl methyl sites for hydroxylation is 2. The molecule has 0 radical (unpaired) electrons. The maximum absolute atomic E-state index is 11.9. The van der Waals surface area contributed by atoms with Crippen LogP contribution in [-0.2, 0) is 0 Å². The Bertz CT molecular complexity index is 777. The fourth-order valence-electron chi connectivity index (χ4n) is 1.70. The van der Waals surface area contributed by atoms with Crippen LogP contribution in [0.25, 0.3) is 0 Å². The van der Waals surface area contributed by atoms with Crippen molar-refractivity contribution in [2.24, 2.45) is 4.99 Å². The van der Waals surface area contributed by atoms with Crippen LogP contribution in [0.15, 0.2) is 26.8 Å². The van der Waals surface area contributed by atoms with Gasteiger partial charge in [0.1, 0.15) is 11.1 Å². The summed E-state index contributed by atoms with van der Waals surface area (Å²) >= 11 is 1.19. The lowest BCUT2D eigenvalue weighted by molar-refractivity contribution is -0.779. The summed E-state index contributed by atoms with van der Waals surface area (Å²) in [5.41, 5.74) is 2.24. The first kappa shape index (κ1) is 17.0. The van der Waals surface area contributed by atoms with Gasteiger partial charge in [0.05, 0.1) is 5.56 Å². The SMILES string of the molecule is Cc1cc(C#N)c(SC/C([O-])=N/c2c[n+](C(C)C)no2)nc1C. The Hall–Kier alpha value is -2.40. The number of pyridine rings is 1. The zero-order chi connectivity index (χ0) is 17.0. The van der Waals surface area contributed by atoms with Gasteiger partial charge in [-0.3, -0.25) is 4.52 Å². The number of aromatic nitrogens is 3. The van der Waals surface area contributed by atoms with E-state index in [9.17, 15) is 5.11 Å². The third kappa shape index (κ3) is 4.29. The lowest BCUT2D eigenvalue weighted by atomic mass is 10.2. The highest BCUT2D eigenvalue weighted by Crippen LogP contribution is 2.22. The zero-order valence-electron chi connectivity index (χ0n) is 13.4. The molecule has 2 rings (SSSR count). The number of aliphatic imine (C=N–C) groups is 1. The predicted octanol–water partition coefficient (Wildman–Crippen LogP) is 1.61. The molecule has 2 heterocycles. The second kappa shape index (κ2) is 7.24. The van der Waals surface area contributed by atoms with E-state index in [-0.39, 0.29) is 23.6 Å². The largest absolute Gasteiger partial charge is 0.861 e. The number of nitrogens with zero attached hydrogens (tertiary/aromatic N) is 5. The maximum Gasteiger partial charge on any atom is 0.320 e. The van der Waals surface area contributed by atoms with Crippen LogP contribution in [-0.4, -0.2) is 21.9 Å². The predicted molar refractivity (Wildman–Crippen MR) is 83.3 cm³/mol. The fraction of sp³-hybridized carbons (Fsp3) is 0.400. The summed E-state index contributed by atoms with van der Waals surface area (Å²) in [7, 11) is 0. The van der Waals surface area contributed by atoms with Crippen LogP contribution >= 0.6 is 11.8 Å². The van der Waals surface area contributed by atoms with Gasteiger partial charge in [0.25, 0.3) is 6.20 Å². The average Bonchev–Trinajstić information content (AvgIpc) is 2.96. The molecular formula is C15H17N5O2S. The van der Waals surface area contributed by atoms with Crippen molar-refractivity contribution in [3.05, 3.63) is 29.1 Å². The van der Waals surface area contributed by atoms with Gasteiger partial charge in [-0.25, -0.2) is 9.98 Å². The number of hydrogen-bond donors (Lipinski definition) is 0. The van der Waals surface area contributed by atoms with Gasteiger partial charge in [0.15, 0.2) is 6.04 Å². The van der Waals surface area contributed by atoms with E-state index in [1.165, 1.54) is 11.8 Å². The Morgan fingerprint density at radius 1 is 1.52 bits per heavy atom. The van der Waals surface area contributed by atoms with Gasteiger partial charge < -0.3 is 5.11 Å². The van der Waals surface area contributed by atoms with Gasteiger partial charge in [0.2, 0.25) is 5.27 Å². The highest BCUT2D eigenvalue weighted by atomic mass is 32.2. The highest BCUT2D eigenvalue weighted by molar-refractivity contribution is 7.99. The topological polar surface area (TPSA) is 102 Å². The normalized spacial score (nSPS) is 11.7. The van der Waals surface area contributed by atoms with Crippen molar-refractivity contribution < 1.29 is 14.3 Å². The molecular weight excluding hydrogens is 314 g/mol. The van der Waals surface area contributed by atoms with Crippen LogP contribution in [0.4, 0.5) is 5.88 Å². The monoisotopic (exact) mass is 331 g/mol. The minimum Gasteiger partial charge on any atom is -0.861 e. The van der Waals surface area contributed by atoms with Gasteiger partial charge in [0, 0.05) is 11.4 Å². The molecule has 0 aliphatic rings. The van der Waals surface area contributed by atoms with Crippen LogP contribution < -0.4 is 9.79 Å². The average molecular weight is 331 g/mol. The Kier molecular flexibility index (Phi) is 5.34. The minimum atomic E-state index is -0.369. The third-order valence-corrected chi connectivity index (χ3v) is 4.10. The van der Waals surface area contributed by atoms with E-state index in [0.29, 0.717) is 10.6 Å². The molecule has 0 bridgehead atoms. The number of hydrogen-bond acceptors (Lipinski definition) is 7. The molecule has 0 saturated carbocycles. The summed E-state index contributed by atoms with van der Waals surface area (Å²) < 4.78 is 6.56. The standard InChI is InChI=1S/C15H17N5O2S/c1-9(2)20-7-14(22-19-20)18-13(21)8-23-15-12(6-16)5-10(3)11(4)17-15/h5,7,9H,8H2,1-4H3. The van der Waals surface area contributed by atoms with Gasteiger partial charge in [-0.05, 0) is 49.9 Å². The molecule has 0 atom stereocenters. The molecule has 8 heteroatoms. The quantitative estimate of drug-likeness (QED) is 0.357. The van der Waals surface area contributed by atoms with Crippen molar-refractivity contribution in [3.8, 4) is 6.07 Å². The summed E-state index contributed by atoms with van der Waals surface area (Å²) in [5.74, 6) is -0.129.